The lowest BCUT2D eigenvalue weighted by Crippen LogP contribution is -2.46. The van der Waals surface area contributed by atoms with Crippen molar-refractivity contribution >= 4 is 6.09 Å². The smallest absolute Gasteiger partial charge is 0.410 e. The van der Waals surface area contributed by atoms with Crippen LogP contribution in [0.5, 0.6) is 0 Å². The lowest BCUT2D eigenvalue weighted by atomic mass is 9.89. The van der Waals surface area contributed by atoms with Crippen LogP contribution in [-0.2, 0) is 20.8 Å². The Kier molecular flexibility index (Phi) is 5.18. The number of carbonyl (C=O) groups is 1. The molecule has 0 atom stereocenters. The molecule has 1 saturated carbocycles. The number of ether oxygens (including phenoxy) is 3. The van der Waals surface area contributed by atoms with E-state index in [2.05, 4.69) is 0 Å². The number of amides is 1. The van der Waals surface area contributed by atoms with Crippen molar-refractivity contribution in [2.24, 2.45) is 0 Å². The van der Waals surface area contributed by atoms with Crippen LogP contribution in [0.3, 0.4) is 0 Å². The molecule has 0 unspecified atom stereocenters. The van der Waals surface area contributed by atoms with Gasteiger partial charge in [-0.3, -0.25) is 0 Å². The summed E-state index contributed by atoms with van der Waals surface area (Å²) < 4.78 is 17.0. The maximum absolute atomic E-state index is 12.4. The quantitative estimate of drug-likeness (QED) is 0.854. The number of benzene rings is 1. The third-order valence-electron chi connectivity index (χ3n) is 4.75. The van der Waals surface area contributed by atoms with E-state index in [1.165, 1.54) is 0 Å². The summed E-state index contributed by atoms with van der Waals surface area (Å²) >= 11 is 0. The van der Waals surface area contributed by atoms with E-state index >= 15 is 0 Å². The fourth-order valence-electron chi connectivity index (χ4n) is 3.48. The second-order valence-electron chi connectivity index (χ2n) is 6.16. The highest BCUT2D eigenvalue weighted by molar-refractivity contribution is 5.68. The van der Waals surface area contributed by atoms with Crippen LogP contribution < -0.4 is 0 Å². The molecular weight excluding hydrogens is 294 g/mol. The third kappa shape index (κ3) is 3.85. The second-order valence-corrected chi connectivity index (χ2v) is 6.16. The molecule has 5 heteroatoms. The maximum Gasteiger partial charge on any atom is 0.410 e. The number of carbonyl (C=O) groups excluding carboxylic acids is 1. The molecule has 1 aromatic carbocycles. The molecule has 1 amide bonds. The number of nitrogens with zero attached hydrogens (tertiary/aromatic N) is 1. The molecule has 3 rings (SSSR count). The van der Waals surface area contributed by atoms with E-state index in [0.29, 0.717) is 26.4 Å². The lowest BCUT2D eigenvalue weighted by Gasteiger charge is -2.39. The third-order valence-corrected chi connectivity index (χ3v) is 4.75. The van der Waals surface area contributed by atoms with Gasteiger partial charge in [0.15, 0.2) is 5.79 Å². The average Bonchev–Trinajstić information content (AvgIpc) is 3.05. The molecule has 1 aromatic rings. The van der Waals surface area contributed by atoms with Gasteiger partial charge >= 0.3 is 6.09 Å². The predicted octanol–water partition coefficient (Wildman–Crippen LogP) is 3.33. The molecule has 1 aliphatic carbocycles. The van der Waals surface area contributed by atoms with E-state index in [4.69, 9.17) is 14.2 Å². The first-order valence-corrected chi connectivity index (χ1v) is 8.48. The van der Waals surface area contributed by atoms with Crippen LogP contribution in [0.1, 0.15) is 38.2 Å². The van der Waals surface area contributed by atoms with Gasteiger partial charge < -0.3 is 19.1 Å². The molecule has 1 saturated heterocycles. The fourth-order valence-corrected chi connectivity index (χ4v) is 3.48. The minimum absolute atomic E-state index is 0.210. The minimum atomic E-state index is -0.385. The van der Waals surface area contributed by atoms with Gasteiger partial charge in [0.1, 0.15) is 6.61 Å². The van der Waals surface area contributed by atoms with Crippen molar-refractivity contribution in [3.05, 3.63) is 35.9 Å². The Hall–Kier alpha value is -1.59. The van der Waals surface area contributed by atoms with Crippen LogP contribution in [0.25, 0.3) is 0 Å². The predicted molar refractivity (Wildman–Crippen MR) is 85.9 cm³/mol. The number of hydrogen-bond acceptors (Lipinski definition) is 4. The molecule has 1 aliphatic heterocycles. The highest BCUT2D eigenvalue weighted by atomic mass is 16.7. The SMILES string of the molecule is CCN(C(=O)OCc1ccccc1)C1CCC2(CC1)OCCO2. The van der Waals surface area contributed by atoms with Crippen molar-refractivity contribution in [2.75, 3.05) is 19.8 Å². The molecule has 2 aliphatic rings. The van der Waals surface area contributed by atoms with Gasteiger partial charge in [-0.2, -0.15) is 0 Å². The van der Waals surface area contributed by atoms with Gasteiger partial charge in [0.05, 0.1) is 13.2 Å². The van der Waals surface area contributed by atoms with Gasteiger partial charge in [-0.05, 0) is 25.3 Å². The van der Waals surface area contributed by atoms with Crippen LogP contribution >= 0.6 is 0 Å². The van der Waals surface area contributed by atoms with E-state index in [-0.39, 0.29) is 17.9 Å². The molecule has 0 N–H and O–H groups in total. The van der Waals surface area contributed by atoms with Crippen molar-refractivity contribution < 1.29 is 19.0 Å². The van der Waals surface area contributed by atoms with Crippen molar-refractivity contribution in [1.82, 2.24) is 4.90 Å². The molecule has 0 bridgehead atoms. The zero-order valence-corrected chi connectivity index (χ0v) is 13.7. The van der Waals surface area contributed by atoms with Crippen LogP contribution in [0.15, 0.2) is 30.3 Å². The topological polar surface area (TPSA) is 48.0 Å². The zero-order chi connectivity index (χ0) is 16.1. The highest BCUT2D eigenvalue weighted by Crippen LogP contribution is 2.37. The summed E-state index contributed by atoms with van der Waals surface area (Å²) in [6.45, 7) is 4.34. The average molecular weight is 319 g/mol. The summed E-state index contributed by atoms with van der Waals surface area (Å²) in [6.07, 6.45) is 3.26. The lowest BCUT2D eigenvalue weighted by molar-refractivity contribution is -0.183. The summed E-state index contributed by atoms with van der Waals surface area (Å²) in [5, 5.41) is 0. The van der Waals surface area contributed by atoms with Crippen LogP contribution in [-0.4, -0.2) is 42.6 Å². The van der Waals surface area contributed by atoms with Crippen molar-refractivity contribution in [3.63, 3.8) is 0 Å². The van der Waals surface area contributed by atoms with Crippen molar-refractivity contribution in [1.29, 1.82) is 0 Å². The normalized spacial score (nSPS) is 20.6. The Labute approximate surface area is 137 Å². The summed E-state index contributed by atoms with van der Waals surface area (Å²) in [4.78, 5) is 14.2. The van der Waals surface area contributed by atoms with Gasteiger partial charge in [-0.15, -0.1) is 0 Å². The number of hydrogen-bond donors (Lipinski definition) is 0. The largest absolute Gasteiger partial charge is 0.445 e. The van der Waals surface area contributed by atoms with Crippen LogP contribution in [0, 0.1) is 0 Å². The van der Waals surface area contributed by atoms with Crippen LogP contribution in [0.4, 0.5) is 4.79 Å². The summed E-state index contributed by atoms with van der Waals surface area (Å²) in [7, 11) is 0. The monoisotopic (exact) mass is 319 g/mol. The van der Waals surface area contributed by atoms with E-state index in [0.717, 1.165) is 31.2 Å². The molecule has 126 valence electrons. The standard InChI is InChI=1S/C18H25NO4/c1-2-19(17(20)21-14-15-6-4-3-5-7-15)16-8-10-18(11-9-16)22-12-13-23-18/h3-7,16H,2,8-14H2,1H3. The Morgan fingerprint density at radius 3 is 2.48 bits per heavy atom. The summed E-state index contributed by atoms with van der Waals surface area (Å²) in [5.41, 5.74) is 1.01. The maximum atomic E-state index is 12.4. The molecule has 5 nitrogen and oxygen atoms in total. The molecule has 1 heterocycles. The number of rotatable bonds is 4. The van der Waals surface area contributed by atoms with Crippen molar-refractivity contribution in [2.45, 2.75) is 51.0 Å². The summed E-state index contributed by atoms with van der Waals surface area (Å²) in [5.74, 6) is -0.385. The van der Waals surface area contributed by atoms with Gasteiger partial charge in [0, 0.05) is 25.4 Å². The first kappa shape index (κ1) is 16.3. The van der Waals surface area contributed by atoms with Gasteiger partial charge in [0.25, 0.3) is 0 Å². The first-order chi connectivity index (χ1) is 11.2. The molecule has 0 aromatic heterocycles. The summed E-state index contributed by atoms with van der Waals surface area (Å²) in [6, 6.07) is 9.98. The van der Waals surface area contributed by atoms with E-state index in [1.807, 2.05) is 42.2 Å². The Morgan fingerprint density at radius 1 is 1.22 bits per heavy atom. The van der Waals surface area contributed by atoms with E-state index < -0.39 is 0 Å². The van der Waals surface area contributed by atoms with Gasteiger partial charge in [0.2, 0.25) is 0 Å². The Bertz CT molecular complexity index is 503. The van der Waals surface area contributed by atoms with Gasteiger partial charge in [-0.1, -0.05) is 30.3 Å². The highest BCUT2D eigenvalue weighted by Gasteiger charge is 2.42. The van der Waals surface area contributed by atoms with Gasteiger partial charge in [-0.25, -0.2) is 4.79 Å². The molecule has 23 heavy (non-hydrogen) atoms. The van der Waals surface area contributed by atoms with Crippen LogP contribution in [0.2, 0.25) is 0 Å². The molecule has 1 spiro atoms. The fraction of sp³-hybridized carbons (Fsp3) is 0.611. The minimum Gasteiger partial charge on any atom is -0.445 e. The first-order valence-electron chi connectivity index (χ1n) is 8.48. The zero-order valence-electron chi connectivity index (χ0n) is 13.7. The molecule has 0 radical (unpaired) electrons. The molecular formula is C18H25NO4. The second kappa shape index (κ2) is 7.32. The Balaban J connectivity index is 1.52. The van der Waals surface area contributed by atoms with E-state index in [1.54, 1.807) is 0 Å². The Morgan fingerprint density at radius 2 is 1.87 bits per heavy atom. The molecule has 2 fully saturated rings. The van der Waals surface area contributed by atoms with E-state index in [9.17, 15) is 4.79 Å². The van der Waals surface area contributed by atoms with Crippen molar-refractivity contribution in [3.8, 4) is 0 Å².